The number of thiophene rings is 1. The maximum Gasteiger partial charge on any atom is 0.261 e. The first-order valence-electron chi connectivity index (χ1n) is 5.70. The molecule has 2 aromatic heterocycles. The highest BCUT2D eigenvalue weighted by atomic mass is 35.5. The SMILES string of the molecule is CN(C)C(CNC(=O)c1cccs1)c1ccco1.Cl. The molecule has 2 heterocycles. The van der Waals surface area contributed by atoms with Crippen molar-refractivity contribution in [2.24, 2.45) is 0 Å². The van der Waals surface area contributed by atoms with Crippen LogP contribution in [-0.2, 0) is 0 Å². The number of rotatable bonds is 5. The summed E-state index contributed by atoms with van der Waals surface area (Å²) in [6, 6.07) is 7.51. The van der Waals surface area contributed by atoms with E-state index in [1.165, 1.54) is 11.3 Å². The number of halogens is 1. The fourth-order valence-electron chi connectivity index (χ4n) is 1.70. The first-order chi connectivity index (χ1) is 8.68. The summed E-state index contributed by atoms with van der Waals surface area (Å²) < 4.78 is 5.39. The van der Waals surface area contributed by atoms with Crippen molar-refractivity contribution in [3.05, 3.63) is 46.5 Å². The molecule has 0 spiro atoms. The summed E-state index contributed by atoms with van der Waals surface area (Å²) in [6.07, 6.45) is 1.65. The van der Waals surface area contributed by atoms with Crippen LogP contribution in [0.15, 0.2) is 40.3 Å². The van der Waals surface area contributed by atoms with Gasteiger partial charge in [0.1, 0.15) is 5.76 Å². The lowest BCUT2D eigenvalue weighted by atomic mass is 10.2. The molecule has 0 aliphatic carbocycles. The van der Waals surface area contributed by atoms with Crippen LogP contribution >= 0.6 is 23.7 Å². The Bertz CT molecular complexity index is 483. The molecular weight excluding hydrogens is 284 g/mol. The zero-order valence-electron chi connectivity index (χ0n) is 10.8. The van der Waals surface area contributed by atoms with E-state index in [2.05, 4.69) is 5.32 Å². The largest absolute Gasteiger partial charge is 0.468 e. The van der Waals surface area contributed by atoms with Crippen LogP contribution in [0.25, 0.3) is 0 Å². The van der Waals surface area contributed by atoms with E-state index in [4.69, 9.17) is 4.42 Å². The molecule has 0 saturated heterocycles. The monoisotopic (exact) mass is 300 g/mol. The van der Waals surface area contributed by atoms with Crippen molar-refractivity contribution in [2.75, 3.05) is 20.6 Å². The number of likely N-dealkylation sites (N-methyl/N-ethyl adjacent to an activating group) is 1. The fraction of sp³-hybridized carbons (Fsp3) is 0.308. The lowest BCUT2D eigenvalue weighted by Gasteiger charge is -2.22. The lowest BCUT2D eigenvalue weighted by molar-refractivity contribution is 0.0943. The van der Waals surface area contributed by atoms with Gasteiger partial charge < -0.3 is 9.73 Å². The number of furan rings is 1. The van der Waals surface area contributed by atoms with Crippen LogP contribution in [0.4, 0.5) is 0 Å². The molecular formula is C13H17ClN2O2S. The highest BCUT2D eigenvalue weighted by Gasteiger charge is 2.18. The van der Waals surface area contributed by atoms with Crippen LogP contribution < -0.4 is 5.32 Å². The normalized spacial score (nSPS) is 11.9. The summed E-state index contributed by atoms with van der Waals surface area (Å²) in [7, 11) is 3.93. The van der Waals surface area contributed by atoms with Gasteiger partial charge >= 0.3 is 0 Å². The third-order valence-corrected chi connectivity index (χ3v) is 3.56. The quantitative estimate of drug-likeness (QED) is 0.923. The molecule has 2 aromatic rings. The molecule has 0 aliphatic heterocycles. The average molecular weight is 301 g/mol. The topological polar surface area (TPSA) is 45.5 Å². The van der Waals surface area contributed by atoms with Gasteiger partial charge in [0, 0.05) is 6.54 Å². The van der Waals surface area contributed by atoms with E-state index in [1.807, 2.05) is 48.6 Å². The van der Waals surface area contributed by atoms with Gasteiger partial charge in [-0.15, -0.1) is 23.7 Å². The minimum atomic E-state index is -0.0385. The Kier molecular flexibility index (Phi) is 6.08. The standard InChI is InChI=1S/C13H16N2O2S.ClH/c1-15(2)10(11-5-3-7-17-11)9-14-13(16)12-6-4-8-18-12;/h3-8,10H,9H2,1-2H3,(H,14,16);1H. The van der Waals surface area contributed by atoms with Gasteiger partial charge in [0.25, 0.3) is 5.91 Å². The number of carbonyl (C=O) groups is 1. The van der Waals surface area contributed by atoms with Crippen molar-refractivity contribution in [1.29, 1.82) is 0 Å². The number of nitrogens with one attached hydrogen (secondary N) is 1. The van der Waals surface area contributed by atoms with Crippen LogP contribution in [0.2, 0.25) is 0 Å². The smallest absolute Gasteiger partial charge is 0.261 e. The molecule has 0 radical (unpaired) electrons. The molecule has 1 amide bonds. The van der Waals surface area contributed by atoms with Gasteiger partial charge in [0.05, 0.1) is 17.2 Å². The van der Waals surface area contributed by atoms with Crippen molar-refractivity contribution < 1.29 is 9.21 Å². The van der Waals surface area contributed by atoms with E-state index >= 15 is 0 Å². The predicted molar refractivity (Wildman–Crippen MR) is 79.0 cm³/mol. The molecule has 4 nitrogen and oxygen atoms in total. The summed E-state index contributed by atoms with van der Waals surface area (Å²) in [5.74, 6) is 0.815. The second kappa shape index (κ2) is 7.33. The highest BCUT2D eigenvalue weighted by molar-refractivity contribution is 7.12. The Morgan fingerprint density at radius 2 is 2.21 bits per heavy atom. The third-order valence-electron chi connectivity index (χ3n) is 2.70. The second-order valence-corrected chi connectivity index (χ2v) is 5.13. The van der Waals surface area contributed by atoms with Crippen molar-refractivity contribution in [3.63, 3.8) is 0 Å². The van der Waals surface area contributed by atoms with E-state index in [9.17, 15) is 4.79 Å². The maximum absolute atomic E-state index is 11.9. The number of amides is 1. The Morgan fingerprint density at radius 1 is 1.42 bits per heavy atom. The molecule has 1 unspecified atom stereocenters. The molecule has 2 rings (SSSR count). The lowest BCUT2D eigenvalue weighted by Crippen LogP contribution is -2.34. The van der Waals surface area contributed by atoms with E-state index in [0.717, 1.165) is 10.6 Å². The summed E-state index contributed by atoms with van der Waals surface area (Å²) in [6.45, 7) is 0.525. The number of hydrogen-bond acceptors (Lipinski definition) is 4. The third kappa shape index (κ3) is 4.09. The van der Waals surface area contributed by atoms with Crippen LogP contribution in [0.5, 0.6) is 0 Å². The second-order valence-electron chi connectivity index (χ2n) is 4.18. The van der Waals surface area contributed by atoms with Gasteiger partial charge in [-0.3, -0.25) is 9.69 Å². The Hall–Kier alpha value is -1.30. The van der Waals surface area contributed by atoms with Crippen molar-refractivity contribution in [1.82, 2.24) is 10.2 Å². The maximum atomic E-state index is 11.9. The first-order valence-corrected chi connectivity index (χ1v) is 6.58. The van der Waals surface area contributed by atoms with E-state index in [-0.39, 0.29) is 24.4 Å². The molecule has 0 aliphatic rings. The molecule has 0 saturated carbocycles. The number of carbonyl (C=O) groups excluding carboxylic acids is 1. The van der Waals surface area contributed by atoms with Crippen LogP contribution in [0, 0.1) is 0 Å². The first kappa shape index (κ1) is 15.8. The minimum Gasteiger partial charge on any atom is -0.468 e. The van der Waals surface area contributed by atoms with Crippen molar-refractivity contribution >= 4 is 29.7 Å². The van der Waals surface area contributed by atoms with Crippen LogP contribution in [-0.4, -0.2) is 31.4 Å². The molecule has 1 N–H and O–H groups in total. The molecule has 0 bridgehead atoms. The zero-order valence-corrected chi connectivity index (χ0v) is 12.5. The molecule has 104 valence electrons. The summed E-state index contributed by atoms with van der Waals surface area (Å²) in [4.78, 5) is 14.6. The Morgan fingerprint density at radius 3 is 2.74 bits per heavy atom. The molecule has 19 heavy (non-hydrogen) atoms. The van der Waals surface area contributed by atoms with E-state index < -0.39 is 0 Å². The number of hydrogen-bond donors (Lipinski definition) is 1. The Balaban J connectivity index is 0.00000180. The van der Waals surface area contributed by atoms with Gasteiger partial charge in [0.15, 0.2) is 0 Å². The van der Waals surface area contributed by atoms with Crippen molar-refractivity contribution in [3.8, 4) is 0 Å². The molecule has 0 aromatic carbocycles. The average Bonchev–Trinajstić information content (AvgIpc) is 3.01. The fourth-order valence-corrected chi connectivity index (χ4v) is 2.34. The predicted octanol–water partition coefficient (Wildman–Crippen LogP) is 2.80. The minimum absolute atomic E-state index is 0. The molecule has 6 heteroatoms. The Labute approximate surface area is 122 Å². The van der Waals surface area contributed by atoms with E-state index in [0.29, 0.717) is 6.54 Å². The molecule has 1 atom stereocenters. The van der Waals surface area contributed by atoms with E-state index in [1.54, 1.807) is 6.26 Å². The van der Waals surface area contributed by atoms with Gasteiger partial charge in [-0.1, -0.05) is 6.07 Å². The summed E-state index contributed by atoms with van der Waals surface area (Å²) >= 11 is 1.44. The molecule has 0 fully saturated rings. The van der Waals surface area contributed by atoms with Gasteiger partial charge in [0.2, 0.25) is 0 Å². The summed E-state index contributed by atoms with van der Waals surface area (Å²) in [5.41, 5.74) is 0. The van der Waals surface area contributed by atoms with Gasteiger partial charge in [-0.05, 0) is 37.7 Å². The van der Waals surface area contributed by atoms with Gasteiger partial charge in [-0.2, -0.15) is 0 Å². The van der Waals surface area contributed by atoms with Crippen LogP contribution in [0.1, 0.15) is 21.5 Å². The van der Waals surface area contributed by atoms with Crippen LogP contribution in [0.3, 0.4) is 0 Å². The van der Waals surface area contributed by atoms with Crippen molar-refractivity contribution in [2.45, 2.75) is 6.04 Å². The van der Waals surface area contributed by atoms with Gasteiger partial charge in [-0.25, -0.2) is 0 Å². The number of nitrogens with zero attached hydrogens (tertiary/aromatic N) is 1. The zero-order chi connectivity index (χ0) is 13.0. The summed E-state index contributed by atoms with van der Waals surface area (Å²) in [5, 5.41) is 4.82. The highest BCUT2D eigenvalue weighted by Crippen LogP contribution is 2.18.